The van der Waals surface area contributed by atoms with Gasteiger partial charge in [0, 0.05) is 0 Å². The molecule has 0 saturated heterocycles. The molecule has 0 bridgehead atoms. The lowest BCUT2D eigenvalue weighted by atomic mass is 10.2. The minimum Gasteiger partial charge on any atom is -0.427 e. The Balaban J connectivity index is 3.27. The van der Waals surface area contributed by atoms with Gasteiger partial charge < -0.3 is 4.74 Å². The van der Waals surface area contributed by atoms with Crippen LogP contribution in [-0.4, -0.2) is 11.5 Å². The number of rotatable bonds is 3. The maximum atomic E-state index is 11.9. The van der Waals surface area contributed by atoms with E-state index in [1.54, 1.807) is 0 Å². The number of aryl methyl sites for hydroxylation is 1. The standard InChI is InChI=1S/C8H6ClF2NO3/c1-4-2-3-5(15-8(10)11)7(6(4)9)12(13)14/h2-3,8H,1H3. The van der Waals surface area contributed by atoms with Crippen LogP contribution >= 0.6 is 11.6 Å². The predicted octanol–water partition coefficient (Wildman–Crippen LogP) is 3.16. The Morgan fingerprint density at radius 3 is 2.60 bits per heavy atom. The van der Waals surface area contributed by atoms with E-state index in [0.29, 0.717) is 5.56 Å². The van der Waals surface area contributed by atoms with Gasteiger partial charge in [0.1, 0.15) is 5.02 Å². The Morgan fingerprint density at radius 2 is 2.13 bits per heavy atom. The molecule has 1 aromatic carbocycles. The Kier molecular flexibility index (Phi) is 3.41. The first-order valence-electron chi connectivity index (χ1n) is 3.81. The van der Waals surface area contributed by atoms with E-state index in [9.17, 15) is 18.9 Å². The van der Waals surface area contributed by atoms with Crippen LogP contribution in [0.15, 0.2) is 12.1 Å². The topological polar surface area (TPSA) is 52.4 Å². The van der Waals surface area contributed by atoms with Gasteiger partial charge in [0.15, 0.2) is 0 Å². The summed E-state index contributed by atoms with van der Waals surface area (Å²) in [5.41, 5.74) is -0.220. The third-order valence-corrected chi connectivity index (χ3v) is 2.15. The zero-order chi connectivity index (χ0) is 11.6. The van der Waals surface area contributed by atoms with E-state index in [1.807, 2.05) is 0 Å². The number of nitro groups is 1. The van der Waals surface area contributed by atoms with Gasteiger partial charge in [0.2, 0.25) is 5.75 Å². The highest BCUT2D eigenvalue weighted by atomic mass is 35.5. The van der Waals surface area contributed by atoms with E-state index >= 15 is 0 Å². The number of ether oxygens (including phenoxy) is 1. The normalized spacial score (nSPS) is 10.5. The van der Waals surface area contributed by atoms with Crippen LogP contribution in [0.2, 0.25) is 5.02 Å². The van der Waals surface area contributed by atoms with Crippen molar-refractivity contribution >= 4 is 17.3 Å². The summed E-state index contributed by atoms with van der Waals surface area (Å²) in [6, 6.07) is 2.46. The molecule has 0 heterocycles. The fourth-order valence-corrected chi connectivity index (χ4v) is 1.23. The van der Waals surface area contributed by atoms with E-state index in [0.717, 1.165) is 6.07 Å². The zero-order valence-corrected chi connectivity index (χ0v) is 8.29. The quantitative estimate of drug-likeness (QED) is 0.599. The Hall–Kier alpha value is -1.43. The predicted molar refractivity (Wildman–Crippen MR) is 49.5 cm³/mol. The first-order valence-corrected chi connectivity index (χ1v) is 4.19. The molecule has 0 aliphatic rings. The number of nitrogens with zero attached hydrogens (tertiary/aromatic N) is 1. The van der Waals surface area contributed by atoms with Crippen molar-refractivity contribution in [3.63, 3.8) is 0 Å². The molecule has 0 atom stereocenters. The molecule has 0 amide bonds. The first-order chi connectivity index (χ1) is 6.93. The minimum absolute atomic E-state index is 0.196. The molecular weight excluding hydrogens is 232 g/mol. The highest BCUT2D eigenvalue weighted by Gasteiger charge is 2.23. The molecule has 0 radical (unpaired) electrons. The van der Waals surface area contributed by atoms with E-state index in [4.69, 9.17) is 11.6 Å². The SMILES string of the molecule is Cc1ccc(OC(F)F)c([N+](=O)[O-])c1Cl. The molecule has 0 spiro atoms. The van der Waals surface area contributed by atoms with Gasteiger partial charge in [0.05, 0.1) is 4.92 Å². The molecule has 0 aromatic heterocycles. The summed E-state index contributed by atoms with van der Waals surface area (Å²) in [6.07, 6.45) is 0. The maximum absolute atomic E-state index is 11.9. The van der Waals surface area contributed by atoms with Crippen molar-refractivity contribution in [3.05, 3.63) is 32.8 Å². The van der Waals surface area contributed by atoms with Gasteiger partial charge in [-0.2, -0.15) is 8.78 Å². The molecule has 0 saturated carbocycles. The number of halogens is 3. The second-order valence-electron chi connectivity index (χ2n) is 2.68. The maximum Gasteiger partial charge on any atom is 0.387 e. The molecule has 15 heavy (non-hydrogen) atoms. The smallest absolute Gasteiger partial charge is 0.387 e. The largest absolute Gasteiger partial charge is 0.427 e. The molecule has 0 unspecified atom stereocenters. The van der Waals surface area contributed by atoms with Crippen molar-refractivity contribution in [2.45, 2.75) is 13.5 Å². The number of alkyl halides is 2. The van der Waals surface area contributed by atoms with E-state index in [-0.39, 0.29) is 5.02 Å². The summed E-state index contributed by atoms with van der Waals surface area (Å²) in [4.78, 5) is 9.72. The molecule has 0 aliphatic heterocycles. The number of hydrogen-bond donors (Lipinski definition) is 0. The van der Waals surface area contributed by atoms with Crippen LogP contribution in [0.25, 0.3) is 0 Å². The highest BCUT2D eigenvalue weighted by molar-refractivity contribution is 6.33. The lowest BCUT2D eigenvalue weighted by Crippen LogP contribution is -2.05. The molecular formula is C8H6ClF2NO3. The van der Waals surface area contributed by atoms with Crippen molar-refractivity contribution in [1.29, 1.82) is 0 Å². The van der Waals surface area contributed by atoms with Gasteiger partial charge in [-0.15, -0.1) is 0 Å². The molecule has 82 valence electrons. The van der Waals surface area contributed by atoms with Crippen LogP contribution in [0.5, 0.6) is 5.75 Å². The summed E-state index contributed by atoms with van der Waals surface area (Å²) >= 11 is 5.61. The van der Waals surface area contributed by atoms with E-state index in [2.05, 4.69) is 4.74 Å². The van der Waals surface area contributed by atoms with Gasteiger partial charge >= 0.3 is 12.3 Å². The molecule has 0 aliphatic carbocycles. The number of benzene rings is 1. The van der Waals surface area contributed by atoms with Gasteiger partial charge in [-0.3, -0.25) is 10.1 Å². The summed E-state index contributed by atoms with van der Waals surface area (Å²) in [7, 11) is 0. The highest BCUT2D eigenvalue weighted by Crippen LogP contribution is 2.37. The minimum atomic E-state index is -3.12. The molecule has 4 nitrogen and oxygen atoms in total. The van der Waals surface area contributed by atoms with Crippen molar-refractivity contribution in [2.24, 2.45) is 0 Å². The van der Waals surface area contributed by atoms with Crippen molar-refractivity contribution in [1.82, 2.24) is 0 Å². The summed E-state index contributed by atoms with van der Waals surface area (Å²) < 4.78 is 27.8. The average molecular weight is 238 g/mol. The molecule has 0 N–H and O–H groups in total. The molecule has 7 heteroatoms. The zero-order valence-electron chi connectivity index (χ0n) is 7.54. The molecule has 0 fully saturated rings. The second kappa shape index (κ2) is 4.39. The summed E-state index contributed by atoms with van der Waals surface area (Å²) in [5.74, 6) is -0.536. The summed E-state index contributed by atoms with van der Waals surface area (Å²) in [5, 5.41) is 10.4. The first kappa shape index (κ1) is 11.6. The van der Waals surface area contributed by atoms with Gasteiger partial charge in [-0.05, 0) is 18.6 Å². The Morgan fingerprint density at radius 1 is 1.53 bits per heavy atom. The average Bonchev–Trinajstić information content (AvgIpc) is 2.10. The van der Waals surface area contributed by atoms with Gasteiger partial charge in [0.25, 0.3) is 0 Å². The fourth-order valence-electron chi connectivity index (χ4n) is 1.01. The molecule has 1 aromatic rings. The molecule has 1 rings (SSSR count). The van der Waals surface area contributed by atoms with Crippen LogP contribution in [0.3, 0.4) is 0 Å². The summed E-state index contributed by atoms with van der Waals surface area (Å²) in [6.45, 7) is -1.59. The lowest BCUT2D eigenvalue weighted by Gasteiger charge is -2.07. The van der Waals surface area contributed by atoms with Crippen LogP contribution in [0.1, 0.15) is 5.56 Å². The number of hydrogen-bond acceptors (Lipinski definition) is 3. The van der Waals surface area contributed by atoms with Crippen molar-refractivity contribution in [3.8, 4) is 5.75 Å². The third kappa shape index (κ3) is 2.53. The van der Waals surface area contributed by atoms with Gasteiger partial charge in [-0.1, -0.05) is 17.7 Å². The van der Waals surface area contributed by atoms with E-state index in [1.165, 1.54) is 13.0 Å². The van der Waals surface area contributed by atoms with Gasteiger partial charge in [-0.25, -0.2) is 0 Å². The fraction of sp³-hybridized carbons (Fsp3) is 0.250. The van der Waals surface area contributed by atoms with Crippen molar-refractivity contribution in [2.75, 3.05) is 0 Å². The Bertz CT molecular complexity index is 398. The van der Waals surface area contributed by atoms with E-state index < -0.39 is 23.0 Å². The van der Waals surface area contributed by atoms with Crippen LogP contribution in [0.4, 0.5) is 14.5 Å². The number of nitro benzene ring substituents is 1. The third-order valence-electron chi connectivity index (χ3n) is 1.67. The Labute approximate surface area is 88.6 Å². The van der Waals surface area contributed by atoms with Crippen molar-refractivity contribution < 1.29 is 18.4 Å². The van der Waals surface area contributed by atoms with Crippen LogP contribution in [0, 0.1) is 17.0 Å². The second-order valence-corrected chi connectivity index (χ2v) is 3.06. The van der Waals surface area contributed by atoms with Crippen LogP contribution < -0.4 is 4.74 Å². The lowest BCUT2D eigenvalue weighted by molar-refractivity contribution is -0.386. The monoisotopic (exact) mass is 237 g/mol. The van der Waals surface area contributed by atoms with Crippen LogP contribution in [-0.2, 0) is 0 Å².